The molecule has 0 saturated carbocycles. The molecule has 1 N–H and O–H groups in total. The number of anilines is 2. The van der Waals surface area contributed by atoms with Gasteiger partial charge in [-0.25, -0.2) is 19.6 Å². The molecule has 3 aromatic rings. The maximum absolute atomic E-state index is 12.4. The fraction of sp³-hybridized carbons (Fsp3) is 0.438. The van der Waals surface area contributed by atoms with E-state index in [2.05, 4.69) is 42.5 Å². The highest BCUT2D eigenvalue weighted by Crippen LogP contribution is 2.25. The Morgan fingerprint density at radius 1 is 1.26 bits per heavy atom. The van der Waals surface area contributed by atoms with Crippen molar-refractivity contribution >= 4 is 28.2 Å². The lowest BCUT2D eigenvalue weighted by Gasteiger charge is -2.38. The summed E-state index contributed by atoms with van der Waals surface area (Å²) in [6.45, 7) is 3.33. The third-order valence-corrected chi connectivity index (χ3v) is 5.21. The molecule has 27 heavy (non-hydrogen) atoms. The van der Waals surface area contributed by atoms with E-state index in [1.807, 2.05) is 11.0 Å². The van der Waals surface area contributed by atoms with Crippen molar-refractivity contribution in [3.05, 3.63) is 30.1 Å². The van der Waals surface area contributed by atoms with Gasteiger partial charge in [-0.1, -0.05) is 24.7 Å². The van der Waals surface area contributed by atoms with E-state index in [-0.39, 0.29) is 11.8 Å². The van der Waals surface area contributed by atoms with E-state index >= 15 is 0 Å². The molecule has 1 amide bonds. The second kappa shape index (κ2) is 7.74. The van der Waals surface area contributed by atoms with Gasteiger partial charge in [0, 0.05) is 25.6 Å². The van der Waals surface area contributed by atoms with Crippen molar-refractivity contribution in [2.45, 2.75) is 26.2 Å². The van der Waals surface area contributed by atoms with Gasteiger partial charge in [0.1, 0.15) is 29.8 Å². The number of unbranched alkanes of at least 4 members (excludes halogenated alkanes) is 1. The molecule has 0 unspecified atom stereocenters. The molecule has 1 saturated heterocycles. The van der Waals surface area contributed by atoms with Gasteiger partial charge in [-0.15, -0.1) is 10.2 Å². The average molecular weight is 385 g/mol. The highest BCUT2D eigenvalue weighted by molar-refractivity contribution is 7.15. The second-order valence-electron chi connectivity index (χ2n) is 6.27. The predicted molar refractivity (Wildman–Crippen MR) is 99.8 cm³/mol. The van der Waals surface area contributed by atoms with Crippen LogP contribution in [0, 0.1) is 5.92 Å². The molecule has 0 aliphatic carbocycles. The third kappa shape index (κ3) is 3.92. The van der Waals surface area contributed by atoms with Crippen LogP contribution in [0.3, 0.4) is 0 Å². The lowest BCUT2D eigenvalue weighted by atomic mass is 9.99. The van der Waals surface area contributed by atoms with Crippen LogP contribution in [-0.2, 0) is 11.2 Å². The normalized spacial score (nSPS) is 14.2. The number of amides is 1. The summed E-state index contributed by atoms with van der Waals surface area (Å²) >= 11 is 1.45. The Hall–Kier alpha value is -2.95. The number of rotatable bonds is 7. The summed E-state index contributed by atoms with van der Waals surface area (Å²) in [6, 6.07) is 1.83. The maximum Gasteiger partial charge on any atom is 0.232 e. The average Bonchev–Trinajstić information content (AvgIpc) is 3.31. The summed E-state index contributed by atoms with van der Waals surface area (Å²) in [4.78, 5) is 26.8. The van der Waals surface area contributed by atoms with Crippen LogP contribution in [-0.4, -0.2) is 53.9 Å². The Kier molecular flexibility index (Phi) is 5.01. The molecule has 4 heterocycles. The highest BCUT2D eigenvalue weighted by Gasteiger charge is 2.34. The standard InChI is InChI=1S/C16H19N9OS/c1-2-3-4-14-22-23-16(27-14)21-15(26)11-6-24(7-11)12-5-13(19-9-18-12)25-10-17-8-20-25/h5,8-11H,2-4,6-7H2,1H3,(H,21,23,26). The fourth-order valence-electron chi connectivity index (χ4n) is 2.73. The topological polar surface area (TPSA) is 115 Å². The molecule has 0 bridgehead atoms. The molecule has 0 atom stereocenters. The zero-order valence-electron chi connectivity index (χ0n) is 14.8. The first-order valence-electron chi connectivity index (χ1n) is 8.78. The molecular weight excluding hydrogens is 366 g/mol. The van der Waals surface area contributed by atoms with Crippen molar-refractivity contribution in [2.24, 2.45) is 5.92 Å². The van der Waals surface area contributed by atoms with E-state index in [0.29, 0.717) is 24.0 Å². The van der Waals surface area contributed by atoms with Gasteiger partial charge in [-0.3, -0.25) is 4.79 Å². The van der Waals surface area contributed by atoms with Crippen molar-refractivity contribution < 1.29 is 4.79 Å². The lowest BCUT2D eigenvalue weighted by molar-refractivity contribution is -0.120. The van der Waals surface area contributed by atoms with Crippen LogP contribution in [0.1, 0.15) is 24.8 Å². The van der Waals surface area contributed by atoms with Crippen molar-refractivity contribution in [1.29, 1.82) is 0 Å². The molecule has 0 radical (unpaired) electrons. The summed E-state index contributed by atoms with van der Waals surface area (Å²) in [6.07, 6.45) is 7.61. The van der Waals surface area contributed by atoms with Gasteiger partial charge >= 0.3 is 0 Å². The minimum Gasteiger partial charge on any atom is -0.355 e. The molecule has 11 heteroatoms. The van der Waals surface area contributed by atoms with E-state index in [9.17, 15) is 4.79 Å². The Morgan fingerprint density at radius 2 is 2.11 bits per heavy atom. The zero-order valence-corrected chi connectivity index (χ0v) is 15.6. The molecule has 3 aromatic heterocycles. The number of nitrogens with one attached hydrogen (secondary N) is 1. The fourth-order valence-corrected chi connectivity index (χ4v) is 3.52. The maximum atomic E-state index is 12.4. The molecule has 140 valence electrons. The SMILES string of the molecule is CCCCc1nnc(NC(=O)C2CN(c3cc(-n4cncn4)ncn3)C2)s1. The van der Waals surface area contributed by atoms with Gasteiger partial charge in [-0.2, -0.15) is 5.10 Å². The molecule has 0 aromatic carbocycles. The van der Waals surface area contributed by atoms with E-state index in [4.69, 9.17) is 0 Å². The first-order valence-corrected chi connectivity index (χ1v) is 9.60. The van der Waals surface area contributed by atoms with Crippen LogP contribution in [0.15, 0.2) is 25.0 Å². The minimum atomic E-state index is -0.0993. The first-order chi connectivity index (χ1) is 13.2. The van der Waals surface area contributed by atoms with Gasteiger partial charge in [0.15, 0.2) is 5.82 Å². The number of carbonyl (C=O) groups is 1. The monoisotopic (exact) mass is 385 g/mol. The van der Waals surface area contributed by atoms with Crippen LogP contribution >= 0.6 is 11.3 Å². The number of carbonyl (C=O) groups excluding carboxylic acids is 1. The molecule has 10 nitrogen and oxygen atoms in total. The molecular formula is C16H19N9OS. The predicted octanol–water partition coefficient (Wildman–Crippen LogP) is 1.33. The van der Waals surface area contributed by atoms with Crippen molar-refractivity contribution in [1.82, 2.24) is 34.9 Å². The number of aromatic nitrogens is 7. The van der Waals surface area contributed by atoms with Crippen LogP contribution in [0.5, 0.6) is 0 Å². The quantitative estimate of drug-likeness (QED) is 0.648. The van der Waals surface area contributed by atoms with Crippen LogP contribution < -0.4 is 10.2 Å². The van der Waals surface area contributed by atoms with Crippen LogP contribution in [0.2, 0.25) is 0 Å². The highest BCUT2D eigenvalue weighted by atomic mass is 32.1. The van der Waals surface area contributed by atoms with Gasteiger partial charge in [0.25, 0.3) is 0 Å². The number of hydrogen-bond donors (Lipinski definition) is 1. The molecule has 1 fully saturated rings. The van der Waals surface area contributed by atoms with E-state index in [0.717, 1.165) is 30.1 Å². The largest absolute Gasteiger partial charge is 0.355 e. The first kappa shape index (κ1) is 17.5. The van der Waals surface area contributed by atoms with Gasteiger partial charge in [0.2, 0.25) is 11.0 Å². The summed E-state index contributed by atoms with van der Waals surface area (Å²) in [5.74, 6) is 1.27. The van der Waals surface area contributed by atoms with Crippen molar-refractivity contribution in [3.63, 3.8) is 0 Å². The molecule has 1 aliphatic rings. The number of aryl methyl sites for hydroxylation is 1. The molecule has 0 spiro atoms. The van der Waals surface area contributed by atoms with Gasteiger partial charge in [0.05, 0.1) is 5.92 Å². The van der Waals surface area contributed by atoms with Crippen LogP contribution in [0.4, 0.5) is 10.9 Å². The number of nitrogens with zero attached hydrogens (tertiary/aromatic N) is 8. The number of hydrogen-bond acceptors (Lipinski definition) is 9. The van der Waals surface area contributed by atoms with E-state index in [1.54, 1.807) is 11.0 Å². The third-order valence-electron chi connectivity index (χ3n) is 4.31. The smallest absolute Gasteiger partial charge is 0.232 e. The Labute approximate surface area is 159 Å². The lowest BCUT2D eigenvalue weighted by Crippen LogP contribution is -2.52. The summed E-state index contributed by atoms with van der Waals surface area (Å²) in [5, 5.41) is 16.6. The molecule has 4 rings (SSSR count). The summed E-state index contributed by atoms with van der Waals surface area (Å²) in [7, 11) is 0. The van der Waals surface area contributed by atoms with Gasteiger partial charge in [-0.05, 0) is 6.42 Å². The Bertz CT molecular complexity index is 904. The second-order valence-corrected chi connectivity index (χ2v) is 7.33. The van der Waals surface area contributed by atoms with Crippen LogP contribution in [0.25, 0.3) is 5.82 Å². The van der Waals surface area contributed by atoms with E-state index < -0.39 is 0 Å². The van der Waals surface area contributed by atoms with Crippen molar-refractivity contribution in [2.75, 3.05) is 23.3 Å². The Balaban J connectivity index is 1.32. The Morgan fingerprint density at radius 3 is 2.89 bits per heavy atom. The summed E-state index contributed by atoms with van der Waals surface area (Å²) in [5.41, 5.74) is 0. The molecule has 1 aliphatic heterocycles. The minimum absolute atomic E-state index is 0.0324. The van der Waals surface area contributed by atoms with E-state index in [1.165, 1.54) is 24.0 Å². The zero-order chi connectivity index (χ0) is 18.6. The van der Waals surface area contributed by atoms with Gasteiger partial charge < -0.3 is 10.2 Å². The summed E-state index contributed by atoms with van der Waals surface area (Å²) < 4.78 is 1.57. The van der Waals surface area contributed by atoms with Crippen molar-refractivity contribution in [3.8, 4) is 5.82 Å².